The van der Waals surface area contributed by atoms with Gasteiger partial charge in [0.05, 0.1) is 30.7 Å². The number of hydrogen-bond donors (Lipinski definition) is 0. The van der Waals surface area contributed by atoms with E-state index in [1.807, 2.05) is 30.3 Å². The summed E-state index contributed by atoms with van der Waals surface area (Å²) >= 11 is 7.72. The van der Waals surface area contributed by atoms with Crippen LogP contribution in [0.1, 0.15) is 5.76 Å². The Morgan fingerprint density at radius 1 is 1.16 bits per heavy atom. The van der Waals surface area contributed by atoms with Gasteiger partial charge in [-0.05, 0) is 42.5 Å². The SMILES string of the molecule is COc1ccc(N2C(=O)/C(=C\c3ccco3)N=C2SCCOc2ccccc2)cc1Cl. The van der Waals surface area contributed by atoms with E-state index in [9.17, 15) is 4.79 Å². The Bertz CT molecular complexity index is 1110. The summed E-state index contributed by atoms with van der Waals surface area (Å²) in [5, 5.41) is 0.953. The summed E-state index contributed by atoms with van der Waals surface area (Å²) in [7, 11) is 1.54. The first-order valence-corrected chi connectivity index (χ1v) is 10.8. The van der Waals surface area contributed by atoms with Gasteiger partial charge in [-0.25, -0.2) is 4.99 Å². The van der Waals surface area contributed by atoms with E-state index in [-0.39, 0.29) is 11.6 Å². The summed E-state index contributed by atoms with van der Waals surface area (Å²) < 4.78 is 16.3. The van der Waals surface area contributed by atoms with Crippen LogP contribution in [0.15, 0.2) is 82.0 Å². The Morgan fingerprint density at radius 3 is 2.71 bits per heavy atom. The van der Waals surface area contributed by atoms with E-state index in [1.54, 1.807) is 49.8 Å². The lowest BCUT2D eigenvalue weighted by Crippen LogP contribution is -2.30. The van der Waals surface area contributed by atoms with E-state index >= 15 is 0 Å². The molecule has 0 atom stereocenters. The summed E-state index contributed by atoms with van der Waals surface area (Å²) in [5.41, 5.74) is 0.891. The predicted octanol–water partition coefficient (Wildman–Crippen LogP) is 5.50. The normalized spacial score (nSPS) is 14.8. The van der Waals surface area contributed by atoms with Crippen molar-refractivity contribution in [1.82, 2.24) is 0 Å². The molecule has 0 spiro atoms. The molecule has 2 aromatic carbocycles. The van der Waals surface area contributed by atoms with Crippen molar-refractivity contribution in [3.8, 4) is 11.5 Å². The van der Waals surface area contributed by atoms with Crippen LogP contribution in [0, 0.1) is 0 Å². The maximum absolute atomic E-state index is 13.1. The van der Waals surface area contributed by atoms with Gasteiger partial charge in [-0.1, -0.05) is 41.6 Å². The fraction of sp³-hybridized carbons (Fsp3) is 0.130. The number of benzene rings is 2. The minimum Gasteiger partial charge on any atom is -0.495 e. The van der Waals surface area contributed by atoms with Gasteiger partial charge in [-0.15, -0.1) is 0 Å². The number of anilines is 1. The molecule has 1 aliphatic rings. The van der Waals surface area contributed by atoms with Crippen LogP contribution in [0.2, 0.25) is 5.02 Å². The number of rotatable bonds is 7. The van der Waals surface area contributed by atoms with Crippen molar-refractivity contribution in [2.75, 3.05) is 24.4 Å². The number of methoxy groups -OCH3 is 1. The Balaban J connectivity index is 1.54. The van der Waals surface area contributed by atoms with Gasteiger partial charge in [0.2, 0.25) is 0 Å². The second-order valence-corrected chi connectivity index (χ2v) is 7.88. The molecule has 6 nitrogen and oxygen atoms in total. The van der Waals surface area contributed by atoms with Gasteiger partial charge in [0.25, 0.3) is 5.91 Å². The number of nitrogens with zero attached hydrogens (tertiary/aromatic N) is 2. The third-order valence-corrected chi connectivity index (χ3v) is 5.57. The van der Waals surface area contributed by atoms with Crippen LogP contribution < -0.4 is 14.4 Å². The molecule has 0 N–H and O–H groups in total. The van der Waals surface area contributed by atoms with Gasteiger partial charge in [0.15, 0.2) is 5.17 Å². The van der Waals surface area contributed by atoms with Crippen molar-refractivity contribution < 1.29 is 18.7 Å². The highest BCUT2D eigenvalue weighted by Gasteiger charge is 2.32. The third kappa shape index (κ3) is 4.95. The summed E-state index contributed by atoms with van der Waals surface area (Å²) in [6.45, 7) is 0.469. The van der Waals surface area contributed by atoms with Crippen LogP contribution in [-0.2, 0) is 4.79 Å². The minimum absolute atomic E-state index is 0.260. The number of para-hydroxylation sites is 1. The Labute approximate surface area is 189 Å². The average molecular weight is 455 g/mol. The molecule has 8 heteroatoms. The number of ether oxygens (including phenoxy) is 2. The molecule has 0 radical (unpaired) electrons. The number of aliphatic imine (C=N–C) groups is 1. The van der Waals surface area contributed by atoms with Crippen molar-refractivity contribution in [3.63, 3.8) is 0 Å². The molecule has 31 heavy (non-hydrogen) atoms. The van der Waals surface area contributed by atoms with Crippen LogP contribution >= 0.6 is 23.4 Å². The zero-order chi connectivity index (χ0) is 21.6. The molecule has 1 aromatic heterocycles. The van der Waals surface area contributed by atoms with Gasteiger partial charge in [0.1, 0.15) is 23.0 Å². The lowest BCUT2D eigenvalue weighted by Gasteiger charge is -2.18. The molecule has 3 aromatic rings. The number of thioether (sulfide) groups is 1. The molecule has 0 bridgehead atoms. The Kier molecular flexibility index (Phi) is 6.64. The Morgan fingerprint density at radius 2 is 2.00 bits per heavy atom. The molecule has 1 amide bonds. The minimum atomic E-state index is -0.260. The van der Waals surface area contributed by atoms with E-state index in [4.69, 9.17) is 25.5 Å². The fourth-order valence-electron chi connectivity index (χ4n) is 2.93. The highest BCUT2D eigenvalue weighted by atomic mass is 35.5. The summed E-state index contributed by atoms with van der Waals surface area (Å²) in [6.07, 6.45) is 3.17. The van der Waals surface area contributed by atoms with Crippen molar-refractivity contribution in [3.05, 3.63) is 83.4 Å². The first-order valence-electron chi connectivity index (χ1n) is 9.48. The number of amidine groups is 1. The first-order chi connectivity index (χ1) is 15.2. The van der Waals surface area contributed by atoms with Gasteiger partial charge >= 0.3 is 0 Å². The number of hydrogen-bond acceptors (Lipinski definition) is 6. The molecule has 0 saturated heterocycles. The van der Waals surface area contributed by atoms with E-state index in [2.05, 4.69) is 4.99 Å². The molecule has 0 aliphatic carbocycles. The smallest absolute Gasteiger partial charge is 0.283 e. The predicted molar refractivity (Wildman–Crippen MR) is 124 cm³/mol. The quantitative estimate of drug-likeness (QED) is 0.348. The van der Waals surface area contributed by atoms with Crippen LogP contribution in [0.25, 0.3) is 6.08 Å². The number of carbonyl (C=O) groups is 1. The summed E-state index contributed by atoms with van der Waals surface area (Å²) in [4.78, 5) is 19.2. The van der Waals surface area contributed by atoms with Gasteiger partial charge in [0, 0.05) is 11.8 Å². The fourth-order valence-corrected chi connectivity index (χ4v) is 4.01. The van der Waals surface area contributed by atoms with Crippen molar-refractivity contribution in [1.29, 1.82) is 0 Å². The second kappa shape index (κ2) is 9.76. The highest BCUT2D eigenvalue weighted by Crippen LogP contribution is 2.34. The third-order valence-electron chi connectivity index (χ3n) is 4.37. The molecular formula is C23H19ClN2O4S. The molecule has 0 unspecified atom stereocenters. The lowest BCUT2D eigenvalue weighted by molar-refractivity contribution is -0.113. The molecule has 0 saturated carbocycles. The van der Waals surface area contributed by atoms with E-state index in [0.717, 1.165) is 5.75 Å². The summed E-state index contributed by atoms with van der Waals surface area (Å²) in [5.74, 6) is 2.23. The standard InChI is InChI=1S/C23H19ClN2O4S/c1-28-21-10-9-16(14-19(21)24)26-22(27)20(15-18-8-5-11-29-18)25-23(26)31-13-12-30-17-6-3-2-4-7-17/h2-11,14-15H,12-13H2,1H3/b20-15+. The van der Waals surface area contributed by atoms with Crippen molar-refractivity contribution in [2.24, 2.45) is 4.99 Å². The topological polar surface area (TPSA) is 64.3 Å². The Hall–Kier alpha value is -3.16. The molecule has 2 heterocycles. The average Bonchev–Trinajstić information content (AvgIpc) is 3.40. The zero-order valence-electron chi connectivity index (χ0n) is 16.7. The molecule has 1 aliphatic heterocycles. The van der Waals surface area contributed by atoms with Gasteiger partial charge in [-0.2, -0.15) is 0 Å². The second-order valence-electron chi connectivity index (χ2n) is 6.41. The van der Waals surface area contributed by atoms with Crippen LogP contribution in [0.3, 0.4) is 0 Å². The molecule has 158 valence electrons. The van der Waals surface area contributed by atoms with E-state index in [0.29, 0.717) is 39.7 Å². The molecular weight excluding hydrogens is 436 g/mol. The number of furan rings is 1. The first kappa shape index (κ1) is 21.1. The van der Waals surface area contributed by atoms with Crippen LogP contribution in [0.5, 0.6) is 11.5 Å². The van der Waals surface area contributed by atoms with Gasteiger partial charge in [-0.3, -0.25) is 9.69 Å². The monoisotopic (exact) mass is 454 g/mol. The zero-order valence-corrected chi connectivity index (χ0v) is 18.2. The van der Waals surface area contributed by atoms with Gasteiger partial charge < -0.3 is 13.9 Å². The largest absolute Gasteiger partial charge is 0.495 e. The van der Waals surface area contributed by atoms with E-state index in [1.165, 1.54) is 16.7 Å². The molecule has 0 fully saturated rings. The van der Waals surface area contributed by atoms with Crippen LogP contribution in [0.4, 0.5) is 5.69 Å². The van der Waals surface area contributed by atoms with Crippen LogP contribution in [-0.4, -0.2) is 30.5 Å². The summed E-state index contributed by atoms with van der Waals surface area (Å²) in [6, 6.07) is 18.3. The van der Waals surface area contributed by atoms with E-state index < -0.39 is 0 Å². The number of halogens is 1. The highest BCUT2D eigenvalue weighted by molar-refractivity contribution is 8.14. The maximum atomic E-state index is 13.1. The number of amides is 1. The molecule has 4 rings (SSSR count). The number of carbonyl (C=O) groups excluding carboxylic acids is 1. The maximum Gasteiger partial charge on any atom is 0.283 e. The van der Waals surface area contributed by atoms with Crippen molar-refractivity contribution in [2.45, 2.75) is 0 Å². The lowest BCUT2D eigenvalue weighted by atomic mass is 10.2. The van der Waals surface area contributed by atoms with Crippen molar-refractivity contribution >= 4 is 46.2 Å².